The van der Waals surface area contributed by atoms with E-state index in [2.05, 4.69) is 6.58 Å². The molecule has 11 heavy (non-hydrogen) atoms. The summed E-state index contributed by atoms with van der Waals surface area (Å²) < 4.78 is 5.17. The fourth-order valence-corrected chi connectivity index (χ4v) is 0.572. The molecule has 0 aromatic carbocycles. The van der Waals surface area contributed by atoms with Gasteiger partial charge in [0.25, 0.3) is 0 Å². The molecule has 0 aliphatic rings. The normalized spacial score (nSPS) is 12.3. The Morgan fingerprint density at radius 1 is 1.73 bits per heavy atom. The number of allylic oxidation sites excluding steroid dienone is 1. The van der Waals surface area contributed by atoms with Crippen molar-refractivity contribution >= 4 is 5.71 Å². The average molecular weight is 157 g/mol. The van der Waals surface area contributed by atoms with Crippen molar-refractivity contribution in [2.75, 3.05) is 6.61 Å². The predicted octanol–water partition coefficient (Wildman–Crippen LogP) is 1.33. The van der Waals surface area contributed by atoms with Gasteiger partial charge in [0.05, 0.1) is 11.8 Å². The average Bonchev–Trinajstić information content (AvgIpc) is 1.87. The van der Waals surface area contributed by atoms with Crippen molar-refractivity contribution in [3.8, 4) is 0 Å². The molecule has 2 N–H and O–H groups in total. The van der Waals surface area contributed by atoms with Gasteiger partial charge in [-0.2, -0.15) is 0 Å². The number of ether oxygens (including phenoxy) is 1. The van der Waals surface area contributed by atoms with Crippen LogP contribution in [-0.4, -0.2) is 23.5 Å². The highest BCUT2D eigenvalue weighted by molar-refractivity contribution is 5.93. The Morgan fingerprint density at radius 2 is 2.27 bits per heavy atom. The summed E-state index contributed by atoms with van der Waals surface area (Å²) in [6, 6.07) is 0. The van der Waals surface area contributed by atoms with Crippen LogP contribution in [0.1, 0.15) is 20.3 Å². The second kappa shape index (κ2) is 4.91. The van der Waals surface area contributed by atoms with Gasteiger partial charge in [-0.05, 0) is 13.8 Å². The molecule has 3 nitrogen and oxygen atoms in total. The standard InChI is InChI=1S/C8H15NO2/c1-6(4-5-10)11-8(3)7(2)9/h6,9-10H,3-5H2,1-2H3/t6-/m0/s1. The molecule has 64 valence electrons. The summed E-state index contributed by atoms with van der Waals surface area (Å²) in [5.74, 6) is 0.381. The van der Waals surface area contributed by atoms with E-state index in [1.54, 1.807) is 6.92 Å². The van der Waals surface area contributed by atoms with E-state index in [1.807, 2.05) is 6.92 Å². The summed E-state index contributed by atoms with van der Waals surface area (Å²) in [5, 5.41) is 15.7. The van der Waals surface area contributed by atoms with Crippen molar-refractivity contribution in [3.05, 3.63) is 12.3 Å². The zero-order chi connectivity index (χ0) is 8.85. The molecule has 0 saturated carbocycles. The maximum atomic E-state index is 8.52. The van der Waals surface area contributed by atoms with Crippen LogP contribution in [0, 0.1) is 5.41 Å². The lowest BCUT2D eigenvalue weighted by Crippen LogP contribution is -2.12. The van der Waals surface area contributed by atoms with Gasteiger partial charge in [0.1, 0.15) is 5.76 Å². The van der Waals surface area contributed by atoms with Crippen LogP contribution in [-0.2, 0) is 4.74 Å². The van der Waals surface area contributed by atoms with E-state index in [-0.39, 0.29) is 12.7 Å². The minimum Gasteiger partial charge on any atom is -0.489 e. The van der Waals surface area contributed by atoms with Gasteiger partial charge in [-0.3, -0.25) is 0 Å². The van der Waals surface area contributed by atoms with Crippen LogP contribution in [0.4, 0.5) is 0 Å². The maximum Gasteiger partial charge on any atom is 0.132 e. The molecule has 0 saturated heterocycles. The number of hydrogen-bond donors (Lipinski definition) is 2. The van der Waals surface area contributed by atoms with Crippen molar-refractivity contribution in [3.63, 3.8) is 0 Å². The van der Waals surface area contributed by atoms with Gasteiger partial charge in [-0.1, -0.05) is 6.58 Å². The maximum absolute atomic E-state index is 8.52. The molecule has 0 spiro atoms. The summed E-state index contributed by atoms with van der Waals surface area (Å²) >= 11 is 0. The summed E-state index contributed by atoms with van der Waals surface area (Å²) in [5.41, 5.74) is 0.329. The minimum atomic E-state index is -0.0622. The fourth-order valence-electron chi connectivity index (χ4n) is 0.572. The summed E-state index contributed by atoms with van der Waals surface area (Å²) in [6.07, 6.45) is 0.513. The number of hydrogen-bond acceptors (Lipinski definition) is 3. The van der Waals surface area contributed by atoms with Gasteiger partial charge >= 0.3 is 0 Å². The van der Waals surface area contributed by atoms with Gasteiger partial charge in [0.15, 0.2) is 0 Å². The van der Waals surface area contributed by atoms with Crippen LogP contribution in [0.2, 0.25) is 0 Å². The van der Waals surface area contributed by atoms with E-state index in [9.17, 15) is 0 Å². The summed E-state index contributed by atoms with van der Waals surface area (Å²) in [7, 11) is 0. The Kier molecular flexibility index (Phi) is 4.54. The molecule has 0 aromatic rings. The van der Waals surface area contributed by atoms with Crippen molar-refractivity contribution in [2.45, 2.75) is 26.4 Å². The first-order valence-corrected chi connectivity index (χ1v) is 3.60. The Labute approximate surface area is 67.2 Å². The SMILES string of the molecule is C=C(O[C@@H](C)CCO)C(C)=N. The number of aliphatic hydroxyl groups is 1. The highest BCUT2D eigenvalue weighted by Gasteiger charge is 2.04. The lowest BCUT2D eigenvalue weighted by atomic mass is 10.3. The predicted molar refractivity (Wildman–Crippen MR) is 44.8 cm³/mol. The molecule has 0 radical (unpaired) electrons. The molecule has 1 atom stereocenters. The molecule has 3 heteroatoms. The Hall–Kier alpha value is -0.830. The second-order valence-electron chi connectivity index (χ2n) is 2.49. The first kappa shape index (κ1) is 10.2. The second-order valence-corrected chi connectivity index (χ2v) is 2.49. The molecule has 0 rings (SSSR count). The number of nitrogens with one attached hydrogen (secondary N) is 1. The summed E-state index contributed by atoms with van der Waals surface area (Å²) in [4.78, 5) is 0. The van der Waals surface area contributed by atoms with E-state index in [1.165, 1.54) is 0 Å². The number of rotatable bonds is 5. The van der Waals surface area contributed by atoms with Crippen LogP contribution in [0.5, 0.6) is 0 Å². The van der Waals surface area contributed by atoms with E-state index in [0.717, 1.165) is 0 Å². The lowest BCUT2D eigenvalue weighted by molar-refractivity contribution is 0.115. The van der Waals surface area contributed by atoms with E-state index in [4.69, 9.17) is 15.3 Å². The van der Waals surface area contributed by atoms with Gasteiger partial charge < -0.3 is 15.3 Å². The summed E-state index contributed by atoms with van der Waals surface area (Å²) in [6.45, 7) is 7.11. The zero-order valence-corrected chi connectivity index (χ0v) is 7.05. The Morgan fingerprint density at radius 3 is 2.64 bits per heavy atom. The van der Waals surface area contributed by atoms with Crippen LogP contribution < -0.4 is 0 Å². The third kappa shape index (κ3) is 4.56. The van der Waals surface area contributed by atoms with Crippen LogP contribution in [0.15, 0.2) is 12.3 Å². The van der Waals surface area contributed by atoms with Crippen LogP contribution in [0.25, 0.3) is 0 Å². The van der Waals surface area contributed by atoms with Crippen LogP contribution >= 0.6 is 0 Å². The molecule has 0 aliphatic carbocycles. The number of aliphatic hydroxyl groups excluding tert-OH is 1. The molecule has 0 fully saturated rings. The molecule has 0 amide bonds. The molecular weight excluding hydrogens is 142 g/mol. The molecule has 0 bridgehead atoms. The largest absolute Gasteiger partial charge is 0.489 e. The topological polar surface area (TPSA) is 53.3 Å². The molecular formula is C8H15NO2. The van der Waals surface area contributed by atoms with Gasteiger partial charge in [-0.25, -0.2) is 0 Å². The van der Waals surface area contributed by atoms with Crippen molar-refractivity contribution < 1.29 is 9.84 Å². The highest BCUT2D eigenvalue weighted by atomic mass is 16.5. The molecule has 0 aliphatic heterocycles. The smallest absolute Gasteiger partial charge is 0.132 e. The lowest BCUT2D eigenvalue weighted by Gasteiger charge is -2.14. The quantitative estimate of drug-likeness (QED) is 0.467. The highest BCUT2D eigenvalue weighted by Crippen LogP contribution is 2.04. The van der Waals surface area contributed by atoms with Gasteiger partial charge in [-0.15, -0.1) is 0 Å². The third-order valence-electron chi connectivity index (χ3n) is 1.30. The van der Waals surface area contributed by atoms with Gasteiger partial charge in [0, 0.05) is 13.0 Å². The van der Waals surface area contributed by atoms with Gasteiger partial charge in [0.2, 0.25) is 0 Å². The van der Waals surface area contributed by atoms with Crippen molar-refractivity contribution in [2.24, 2.45) is 0 Å². The van der Waals surface area contributed by atoms with Crippen LogP contribution in [0.3, 0.4) is 0 Å². The third-order valence-corrected chi connectivity index (χ3v) is 1.30. The monoisotopic (exact) mass is 157 g/mol. The first-order chi connectivity index (χ1) is 5.07. The Bertz CT molecular complexity index is 154. The zero-order valence-electron chi connectivity index (χ0n) is 7.05. The molecule has 0 heterocycles. The van der Waals surface area contributed by atoms with E-state index >= 15 is 0 Å². The molecule has 0 unspecified atom stereocenters. The minimum absolute atomic E-state index is 0.0622. The Balaban J connectivity index is 3.66. The van der Waals surface area contributed by atoms with Crippen molar-refractivity contribution in [1.82, 2.24) is 0 Å². The van der Waals surface area contributed by atoms with E-state index in [0.29, 0.717) is 17.9 Å². The fraction of sp³-hybridized carbons (Fsp3) is 0.625. The van der Waals surface area contributed by atoms with Crippen molar-refractivity contribution in [1.29, 1.82) is 5.41 Å². The molecule has 0 aromatic heterocycles. The van der Waals surface area contributed by atoms with E-state index < -0.39 is 0 Å². The first-order valence-electron chi connectivity index (χ1n) is 3.60.